The van der Waals surface area contributed by atoms with Crippen molar-refractivity contribution in [2.75, 3.05) is 7.05 Å². The molecule has 2 aromatic rings. The summed E-state index contributed by atoms with van der Waals surface area (Å²) in [5, 5.41) is 6.74. The van der Waals surface area contributed by atoms with E-state index < -0.39 is 0 Å². The highest BCUT2D eigenvalue weighted by molar-refractivity contribution is 14.0. The van der Waals surface area contributed by atoms with Gasteiger partial charge in [0.1, 0.15) is 6.10 Å². The van der Waals surface area contributed by atoms with Crippen molar-refractivity contribution in [1.82, 2.24) is 15.6 Å². The summed E-state index contributed by atoms with van der Waals surface area (Å²) >= 11 is 0. The molecule has 1 atom stereocenters. The van der Waals surface area contributed by atoms with E-state index in [0.29, 0.717) is 12.6 Å². The molecule has 1 aliphatic rings. The van der Waals surface area contributed by atoms with Crippen LogP contribution in [0.2, 0.25) is 0 Å². The molecule has 0 radical (unpaired) electrons. The zero-order chi connectivity index (χ0) is 18.2. The number of nitrogens with one attached hydrogen (secondary N) is 2. The second-order valence-corrected chi connectivity index (χ2v) is 6.73. The number of ether oxygens (including phenoxy) is 1. The van der Waals surface area contributed by atoms with Crippen LogP contribution in [-0.4, -0.2) is 24.1 Å². The Hall–Kier alpha value is -1.83. The molecule has 1 saturated carbocycles. The maximum absolute atomic E-state index is 5.91. The first-order valence-electron chi connectivity index (χ1n) is 9.38. The predicted octanol–water partition coefficient (Wildman–Crippen LogP) is 4.45. The number of hydrogen-bond acceptors (Lipinski definition) is 3. The van der Waals surface area contributed by atoms with Crippen molar-refractivity contribution in [3.63, 3.8) is 0 Å². The Balaban J connectivity index is 0.00000261. The molecule has 0 bridgehead atoms. The highest BCUT2D eigenvalue weighted by Gasteiger charge is 2.16. The summed E-state index contributed by atoms with van der Waals surface area (Å²) in [4.78, 5) is 8.74. The molecule has 2 N–H and O–H groups in total. The fraction of sp³-hybridized carbons (Fsp3) is 0.429. The molecule has 3 rings (SSSR count). The largest absolute Gasteiger partial charge is 0.474 e. The molecule has 5 nitrogen and oxygen atoms in total. The average molecular weight is 480 g/mol. The highest BCUT2D eigenvalue weighted by Crippen LogP contribution is 2.22. The Kier molecular flexibility index (Phi) is 8.84. The Morgan fingerprint density at radius 2 is 1.93 bits per heavy atom. The third-order valence-electron chi connectivity index (χ3n) is 4.72. The van der Waals surface area contributed by atoms with E-state index in [9.17, 15) is 0 Å². The van der Waals surface area contributed by atoms with Gasteiger partial charge in [0, 0.05) is 25.9 Å². The second kappa shape index (κ2) is 11.1. The molecule has 0 saturated heterocycles. The van der Waals surface area contributed by atoms with Gasteiger partial charge in [0.15, 0.2) is 5.96 Å². The van der Waals surface area contributed by atoms with E-state index in [0.717, 1.165) is 30.2 Å². The molecule has 146 valence electrons. The van der Waals surface area contributed by atoms with Gasteiger partial charge >= 0.3 is 0 Å². The van der Waals surface area contributed by atoms with Gasteiger partial charge in [0.25, 0.3) is 0 Å². The molecule has 1 heterocycles. The molecule has 1 aromatic carbocycles. The van der Waals surface area contributed by atoms with Gasteiger partial charge in [0.05, 0.1) is 6.04 Å². The van der Waals surface area contributed by atoms with Crippen LogP contribution in [0, 0.1) is 0 Å². The van der Waals surface area contributed by atoms with E-state index in [1.165, 1.54) is 18.4 Å². The topological polar surface area (TPSA) is 58.5 Å². The van der Waals surface area contributed by atoms with Gasteiger partial charge in [-0.3, -0.25) is 4.99 Å². The number of aromatic nitrogens is 1. The maximum atomic E-state index is 5.91. The third-order valence-corrected chi connectivity index (χ3v) is 4.72. The molecule has 6 heteroatoms. The molecular weight excluding hydrogens is 451 g/mol. The van der Waals surface area contributed by atoms with Crippen molar-refractivity contribution < 1.29 is 4.74 Å². The van der Waals surface area contributed by atoms with Crippen LogP contribution in [0.1, 0.15) is 49.8 Å². The van der Waals surface area contributed by atoms with Crippen LogP contribution in [0.25, 0.3) is 0 Å². The second-order valence-electron chi connectivity index (χ2n) is 6.73. The quantitative estimate of drug-likeness (QED) is 0.365. The van der Waals surface area contributed by atoms with Gasteiger partial charge < -0.3 is 15.4 Å². The fourth-order valence-corrected chi connectivity index (χ4v) is 3.17. The standard InChI is InChI=1S/C21H28N4O.HI/c1-16(18-8-4-3-5-9-18)25-21(22-2)24-15-17-12-13-20(23-14-17)26-19-10-6-7-11-19;/h3-5,8-9,12-14,16,19H,6-7,10-11,15H2,1-2H3,(H2,22,24,25);1H. The zero-order valence-electron chi connectivity index (χ0n) is 16.0. The number of aliphatic imine (C=N–C) groups is 1. The number of guanidine groups is 1. The Labute approximate surface area is 179 Å². The zero-order valence-corrected chi connectivity index (χ0v) is 18.4. The van der Waals surface area contributed by atoms with Crippen molar-refractivity contribution in [3.8, 4) is 5.88 Å². The van der Waals surface area contributed by atoms with E-state index >= 15 is 0 Å². The normalized spacial score (nSPS) is 15.7. The molecular formula is C21H29IN4O. The van der Waals surface area contributed by atoms with Gasteiger partial charge in [-0.05, 0) is 43.7 Å². The number of halogens is 1. The minimum atomic E-state index is 0. The monoisotopic (exact) mass is 480 g/mol. The minimum absolute atomic E-state index is 0. The molecule has 1 unspecified atom stereocenters. The predicted molar refractivity (Wildman–Crippen MR) is 121 cm³/mol. The lowest BCUT2D eigenvalue weighted by atomic mass is 10.1. The smallest absolute Gasteiger partial charge is 0.213 e. The van der Waals surface area contributed by atoms with Crippen LogP contribution in [0.4, 0.5) is 0 Å². The van der Waals surface area contributed by atoms with Crippen molar-refractivity contribution in [3.05, 3.63) is 59.8 Å². The minimum Gasteiger partial charge on any atom is -0.474 e. The van der Waals surface area contributed by atoms with E-state index in [1.54, 1.807) is 7.05 Å². The number of benzene rings is 1. The van der Waals surface area contributed by atoms with E-state index in [2.05, 4.69) is 45.7 Å². The summed E-state index contributed by atoms with van der Waals surface area (Å²) in [6.07, 6.45) is 7.03. The Morgan fingerprint density at radius 3 is 2.56 bits per heavy atom. The van der Waals surface area contributed by atoms with Crippen molar-refractivity contribution in [1.29, 1.82) is 0 Å². The number of hydrogen-bond donors (Lipinski definition) is 2. The Bertz CT molecular complexity index is 700. The number of rotatable bonds is 6. The van der Waals surface area contributed by atoms with Gasteiger partial charge in [-0.2, -0.15) is 0 Å². The van der Waals surface area contributed by atoms with Gasteiger partial charge in [-0.15, -0.1) is 24.0 Å². The first-order valence-corrected chi connectivity index (χ1v) is 9.38. The Morgan fingerprint density at radius 1 is 1.19 bits per heavy atom. The van der Waals surface area contributed by atoms with E-state index in [-0.39, 0.29) is 30.0 Å². The lowest BCUT2D eigenvalue weighted by Gasteiger charge is -2.18. The SMILES string of the molecule is CN=C(NCc1ccc(OC2CCCC2)nc1)NC(C)c1ccccc1.I. The summed E-state index contributed by atoms with van der Waals surface area (Å²) < 4.78 is 5.91. The summed E-state index contributed by atoms with van der Waals surface area (Å²) in [6.45, 7) is 2.79. The van der Waals surface area contributed by atoms with Crippen molar-refractivity contribution in [2.24, 2.45) is 4.99 Å². The molecule has 0 amide bonds. The average Bonchev–Trinajstić information content (AvgIpc) is 3.20. The summed E-state index contributed by atoms with van der Waals surface area (Å²) in [5.41, 5.74) is 2.32. The van der Waals surface area contributed by atoms with Crippen LogP contribution in [-0.2, 0) is 6.54 Å². The molecule has 0 spiro atoms. The number of nitrogens with zero attached hydrogens (tertiary/aromatic N) is 2. The van der Waals surface area contributed by atoms with Gasteiger partial charge in [-0.1, -0.05) is 36.4 Å². The van der Waals surface area contributed by atoms with Crippen LogP contribution >= 0.6 is 24.0 Å². The third kappa shape index (κ3) is 6.68. The van der Waals surface area contributed by atoms with Crippen LogP contribution in [0.3, 0.4) is 0 Å². The molecule has 27 heavy (non-hydrogen) atoms. The molecule has 0 aliphatic heterocycles. The molecule has 1 aromatic heterocycles. The van der Waals surface area contributed by atoms with Crippen LogP contribution < -0.4 is 15.4 Å². The lowest BCUT2D eigenvalue weighted by molar-refractivity contribution is 0.201. The van der Waals surface area contributed by atoms with E-state index in [1.807, 2.05) is 30.5 Å². The summed E-state index contributed by atoms with van der Waals surface area (Å²) in [6, 6.07) is 14.5. The van der Waals surface area contributed by atoms with Crippen molar-refractivity contribution in [2.45, 2.75) is 51.3 Å². The lowest BCUT2D eigenvalue weighted by Crippen LogP contribution is -2.38. The van der Waals surface area contributed by atoms with E-state index in [4.69, 9.17) is 4.74 Å². The van der Waals surface area contributed by atoms with Gasteiger partial charge in [-0.25, -0.2) is 4.98 Å². The highest BCUT2D eigenvalue weighted by atomic mass is 127. The maximum Gasteiger partial charge on any atom is 0.213 e. The first-order chi connectivity index (χ1) is 12.7. The van der Waals surface area contributed by atoms with Crippen LogP contribution in [0.15, 0.2) is 53.7 Å². The summed E-state index contributed by atoms with van der Waals surface area (Å²) in [5.74, 6) is 1.49. The van der Waals surface area contributed by atoms with Crippen LogP contribution in [0.5, 0.6) is 5.88 Å². The molecule has 1 aliphatic carbocycles. The number of pyridine rings is 1. The molecule has 1 fully saturated rings. The van der Waals surface area contributed by atoms with Gasteiger partial charge in [0.2, 0.25) is 5.88 Å². The fourth-order valence-electron chi connectivity index (χ4n) is 3.17. The summed E-state index contributed by atoms with van der Waals surface area (Å²) in [7, 11) is 1.78. The first kappa shape index (κ1) is 21.5. The van der Waals surface area contributed by atoms with Crippen molar-refractivity contribution >= 4 is 29.9 Å².